The van der Waals surface area contributed by atoms with Crippen LogP contribution in [0.5, 0.6) is 0 Å². The lowest BCUT2D eigenvalue weighted by Gasteiger charge is -2.44. The number of hydrogen-bond donors (Lipinski definition) is 6. The number of carbonyl (C=O) groups is 2. The van der Waals surface area contributed by atoms with Crippen LogP contribution in [0.15, 0.2) is 48.7 Å². The number of esters is 2. The lowest BCUT2D eigenvalue weighted by molar-refractivity contribution is -0.347. The molecule has 264 valence electrons. The van der Waals surface area contributed by atoms with Crippen molar-refractivity contribution in [2.45, 2.75) is 99.4 Å². The van der Waals surface area contributed by atoms with Gasteiger partial charge in [0, 0.05) is 18.9 Å². The predicted molar refractivity (Wildman–Crippen MR) is 157 cm³/mol. The van der Waals surface area contributed by atoms with Crippen molar-refractivity contribution in [2.75, 3.05) is 13.2 Å². The Morgan fingerprint density at radius 3 is 2.31 bits per heavy atom. The summed E-state index contributed by atoms with van der Waals surface area (Å²) in [5.41, 5.74) is -0.527. The predicted octanol–water partition coefficient (Wildman–Crippen LogP) is -1.90. The molecule has 4 fully saturated rings. The van der Waals surface area contributed by atoms with E-state index in [-0.39, 0.29) is 0 Å². The van der Waals surface area contributed by atoms with Gasteiger partial charge in [0.15, 0.2) is 24.8 Å². The summed E-state index contributed by atoms with van der Waals surface area (Å²) in [6.07, 6.45) is -11.4. The van der Waals surface area contributed by atoms with Crippen LogP contribution >= 0.6 is 0 Å². The topological polar surface area (TPSA) is 233 Å². The van der Waals surface area contributed by atoms with Gasteiger partial charge in [0.2, 0.25) is 6.29 Å². The number of aliphatic hydroxyl groups is 6. The summed E-state index contributed by atoms with van der Waals surface area (Å²) < 4.78 is 46.6. The Morgan fingerprint density at radius 1 is 0.875 bits per heavy atom. The van der Waals surface area contributed by atoms with Crippen LogP contribution in [-0.4, -0.2) is 141 Å². The molecule has 0 unspecified atom stereocenters. The van der Waals surface area contributed by atoms with Gasteiger partial charge in [0.05, 0.1) is 37.6 Å². The number of hydrogen-bond acceptors (Lipinski definition) is 16. The molecule has 1 aliphatic carbocycles. The van der Waals surface area contributed by atoms with E-state index in [1.807, 2.05) is 6.07 Å². The van der Waals surface area contributed by atoms with Gasteiger partial charge in [-0.1, -0.05) is 30.3 Å². The van der Waals surface area contributed by atoms with Crippen LogP contribution in [-0.2, 0) is 47.5 Å². The van der Waals surface area contributed by atoms with Gasteiger partial charge < -0.3 is 68.5 Å². The molecular weight excluding hydrogens is 640 g/mol. The fourth-order valence-corrected chi connectivity index (χ4v) is 6.91. The molecule has 6 N–H and O–H groups in total. The average Bonchev–Trinajstić information content (AvgIpc) is 3.75. The second kappa shape index (κ2) is 14.1. The zero-order chi connectivity index (χ0) is 34.3. The molecule has 3 saturated heterocycles. The fraction of sp³-hybridized carbons (Fsp3) is 0.625. The van der Waals surface area contributed by atoms with Gasteiger partial charge >= 0.3 is 11.9 Å². The normalized spacial score (nSPS) is 44.8. The number of benzene rings is 1. The maximum absolute atomic E-state index is 13.0. The minimum absolute atomic E-state index is 0.496. The molecule has 16 nitrogen and oxygen atoms in total. The molecule has 16 heteroatoms. The molecule has 48 heavy (non-hydrogen) atoms. The summed E-state index contributed by atoms with van der Waals surface area (Å²) in [6, 6.07) is 8.97. The van der Waals surface area contributed by atoms with Crippen molar-refractivity contribution >= 4 is 18.0 Å². The van der Waals surface area contributed by atoms with E-state index in [1.54, 1.807) is 30.3 Å². The maximum Gasteiger partial charge on any atom is 0.331 e. The quantitative estimate of drug-likeness (QED) is 0.0900. The summed E-state index contributed by atoms with van der Waals surface area (Å²) in [4.78, 5) is 25.1. The van der Waals surface area contributed by atoms with Crippen molar-refractivity contribution in [3.8, 4) is 0 Å². The number of rotatable bonds is 10. The third-order valence-corrected chi connectivity index (χ3v) is 9.41. The van der Waals surface area contributed by atoms with E-state index in [2.05, 4.69) is 0 Å². The van der Waals surface area contributed by atoms with Crippen LogP contribution in [0.1, 0.15) is 19.4 Å². The molecule has 1 saturated carbocycles. The fourth-order valence-electron chi connectivity index (χ4n) is 6.91. The van der Waals surface area contributed by atoms with Gasteiger partial charge in [-0.2, -0.15) is 0 Å². The lowest BCUT2D eigenvalue weighted by Crippen LogP contribution is -2.61. The van der Waals surface area contributed by atoms with Crippen molar-refractivity contribution in [3.05, 3.63) is 54.3 Å². The maximum atomic E-state index is 13.0. The van der Waals surface area contributed by atoms with Crippen LogP contribution < -0.4 is 0 Å². The summed E-state index contributed by atoms with van der Waals surface area (Å²) in [5.74, 6) is -2.93. The Morgan fingerprint density at radius 2 is 1.62 bits per heavy atom. The van der Waals surface area contributed by atoms with Crippen LogP contribution in [0.4, 0.5) is 0 Å². The molecule has 5 aliphatic rings. The van der Waals surface area contributed by atoms with Gasteiger partial charge in [-0.15, -0.1) is 0 Å². The van der Waals surface area contributed by atoms with Crippen molar-refractivity contribution in [2.24, 2.45) is 11.8 Å². The molecule has 16 atom stereocenters. The van der Waals surface area contributed by atoms with Gasteiger partial charge in [0.1, 0.15) is 42.2 Å². The first-order valence-corrected chi connectivity index (χ1v) is 15.7. The molecule has 0 bridgehead atoms. The highest BCUT2D eigenvalue weighted by atomic mass is 16.8. The first-order chi connectivity index (χ1) is 23.0. The van der Waals surface area contributed by atoms with E-state index in [0.717, 1.165) is 12.5 Å². The number of fused-ring (bicyclic) bond motifs is 3. The zero-order valence-electron chi connectivity index (χ0n) is 26.0. The molecule has 6 rings (SSSR count). The Labute approximate surface area is 275 Å². The number of carbonyl (C=O) groups excluding carboxylic acids is 2. The number of epoxide rings is 1. The van der Waals surface area contributed by atoms with Gasteiger partial charge in [0.25, 0.3) is 0 Å². The molecule has 0 aromatic heterocycles. The monoisotopic (exact) mass is 680 g/mol. The van der Waals surface area contributed by atoms with E-state index < -0.39 is 122 Å². The van der Waals surface area contributed by atoms with Crippen molar-refractivity contribution < 1.29 is 78.1 Å². The molecule has 4 aliphatic heterocycles. The second-order valence-electron chi connectivity index (χ2n) is 12.4. The van der Waals surface area contributed by atoms with Crippen LogP contribution in [0.25, 0.3) is 6.08 Å². The molecule has 0 radical (unpaired) electrons. The Bertz CT molecular complexity index is 1350. The molecular formula is C32H40O16. The standard InChI is InChI=1S/C32H40O16/c1-14-21(37)26(43-15(2)35)27(45-19(36)9-8-16-6-4-3-5-7-16)31(42-14)46-25-17-10-11-41-29(20(17)32(13-34)28(25)48-32)47-30-24(40)23(39)22(38)18(12-33)44-30/h3-11,14,17-18,20-31,33-34,37-40H,12-13H2,1-2H3/b9-8+/t14-,17-,18-,20-,21-,22-,23+,24-,25+,26+,27+,28+,29+,30+,31+,32-/m1/s1. The third-order valence-electron chi connectivity index (χ3n) is 9.41. The molecule has 0 spiro atoms. The first kappa shape index (κ1) is 34.8. The Hall–Kier alpha value is -3.00. The minimum atomic E-state index is -1.71. The SMILES string of the molecule is CC(=O)O[C@H]1[C@H](O)[C@@H](C)O[C@@H](O[C@H]2[C@@H]3C=CO[C@@H](O[C@@H]4O[C@H](CO)[C@@H](O)[C@H](O)[C@H]4O)[C@@H]3[C@@]3(CO)O[C@@H]23)[C@H]1OC(=O)/C=C/c1ccccc1. The minimum Gasteiger partial charge on any atom is -0.472 e. The lowest BCUT2D eigenvalue weighted by atomic mass is 9.85. The summed E-state index contributed by atoms with van der Waals surface area (Å²) >= 11 is 0. The second-order valence-corrected chi connectivity index (χ2v) is 12.4. The molecule has 1 aromatic rings. The first-order valence-electron chi connectivity index (χ1n) is 15.7. The van der Waals surface area contributed by atoms with Crippen LogP contribution in [0.3, 0.4) is 0 Å². The van der Waals surface area contributed by atoms with Crippen LogP contribution in [0.2, 0.25) is 0 Å². The average molecular weight is 681 g/mol. The van der Waals surface area contributed by atoms with Crippen molar-refractivity contribution in [1.82, 2.24) is 0 Å². The highest BCUT2D eigenvalue weighted by Crippen LogP contribution is 2.61. The van der Waals surface area contributed by atoms with E-state index >= 15 is 0 Å². The van der Waals surface area contributed by atoms with Crippen molar-refractivity contribution in [3.63, 3.8) is 0 Å². The highest BCUT2D eigenvalue weighted by molar-refractivity contribution is 5.87. The number of ether oxygens (including phenoxy) is 8. The van der Waals surface area contributed by atoms with Gasteiger partial charge in [-0.05, 0) is 24.6 Å². The third kappa shape index (κ3) is 6.50. The Kier molecular flexibility index (Phi) is 10.2. The molecule has 1 aromatic carbocycles. The van der Waals surface area contributed by atoms with Gasteiger partial charge in [-0.25, -0.2) is 4.79 Å². The summed E-state index contributed by atoms with van der Waals surface area (Å²) in [6.45, 7) is 1.52. The largest absolute Gasteiger partial charge is 0.472 e. The van der Waals surface area contributed by atoms with E-state index in [0.29, 0.717) is 0 Å². The van der Waals surface area contributed by atoms with E-state index in [4.69, 9.17) is 37.9 Å². The van der Waals surface area contributed by atoms with E-state index in [1.165, 1.54) is 25.3 Å². The summed E-state index contributed by atoms with van der Waals surface area (Å²) in [7, 11) is 0. The highest BCUT2D eigenvalue weighted by Gasteiger charge is 2.77. The molecule has 4 heterocycles. The van der Waals surface area contributed by atoms with Gasteiger partial charge in [-0.3, -0.25) is 4.79 Å². The smallest absolute Gasteiger partial charge is 0.331 e. The zero-order valence-corrected chi connectivity index (χ0v) is 26.0. The number of aliphatic hydroxyl groups excluding tert-OH is 6. The van der Waals surface area contributed by atoms with Crippen molar-refractivity contribution in [1.29, 1.82) is 0 Å². The summed E-state index contributed by atoms with van der Waals surface area (Å²) in [5, 5.41) is 62.0. The Balaban J connectivity index is 1.23. The van der Waals surface area contributed by atoms with E-state index in [9.17, 15) is 40.2 Å². The molecule has 0 amide bonds. The van der Waals surface area contributed by atoms with Crippen LogP contribution in [0, 0.1) is 11.8 Å².